The van der Waals surface area contributed by atoms with Crippen molar-refractivity contribution in [3.8, 4) is 5.75 Å². The van der Waals surface area contributed by atoms with Crippen LogP contribution in [0.3, 0.4) is 0 Å². The van der Waals surface area contributed by atoms with Crippen LogP contribution in [0.15, 0.2) is 18.2 Å². The van der Waals surface area contributed by atoms with Gasteiger partial charge in [0.05, 0.1) is 12.2 Å². The summed E-state index contributed by atoms with van der Waals surface area (Å²) in [6.07, 6.45) is 77.8. The quantitative estimate of drug-likeness (QED) is 0.0639. The zero-order valence-electron chi connectivity index (χ0n) is 51.9. The number of amides is 2. The Kier molecular flexibility index (Phi) is 57.4. The maximum absolute atomic E-state index is 13.5. The molecule has 0 atom stereocenters. The molecule has 1 aromatic carbocycles. The molecule has 0 aromatic heterocycles. The first-order valence-corrected chi connectivity index (χ1v) is 35.0. The fourth-order valence-electron chi connectivity index (χ4n) is 11.3. The topological polar surface area (TPSA) is 67.4 Å². The molecule has 0 aliphatic rings. The van der Waals surface area contributed by atoms with Gasteiger partial charge in [-0.3, -0.25) is 9.59 Å². The van der Waals surface area contributed by atoms with Gasteiger partial charge in [-0.15, -0.1) is 0 Å². The zero-order chi connectivity index (χ0) is 54.6. The van der Waals surface area contributed by atoms with Gasteiger partial charge < -0.3 is 15.4 Å². The predicted octanol–water partition coefficient (Wildman–Crippen LogP) is 23.8. The highest BCUT2D eigenvalue weighted by molar-refractivity contribution is 6.00. The zero-order valence-corrected chi connectivity index (χ0v) is 51.9. The molecule has 0 saturated carbocycles. The highest BCUT2D eigenvalue weighted by Gasteiger charge is 2.16. The van der Waals surface area contributed by atoms with Crippen molar-refractivity contribution in [2.45, 2.75) is 387 Å². The van der Waals surface area contributed by atoms with E-state index in [0.29, 0.717) is 36.6 Å². The van der Waals surface area contributed by atoms with Crippen LogP contribution in [0.1, 0.15) is 407 Å². The molecule has 5 nitrogen and oxygen atoms in total. The summed E-state index contributed by atoms with van der Waals surface area (Å²) in [6.45, 7) is 8.81. The van der Waals surface area contributed by atoms with E-state index in [1.54, 1.807) is 18.2 Å². The summed E-state index contributed by atoms with van der Waals surface area (Å²) in [4.78, 5) is 26.7. The molecule has 0 spiro atoms. The molecule has 0 bridgehead atoms. The van der Waals surface area contributed by atoms with Gasteiger partial charge in [0.1, 0.15) is 5.75 Å². The number of hydrogen-bond donors (Lipinski definition) is 2. The lowest BCUT2D eigenvalue weighted by atomic mass is 10.0. The van der Waals surface area contributed by atoms with Gasteiger partial charge in [-0.05, 0) is 37.5 Å². The molecule has 0 fully saturated rings. The van der Waals surface area contributed by atoms with Crippen molar-refractivity contribution in [3.05, 3.63) is 29.3 Å². The van der Waals surface area contributed by atoms with Crippen molar-refractivity contribution < 1.29 is 14.3 Å². The third-order valence-corrected chi connectivity index (χ3v) is 16.6. The maximum Gasteiger partial charge on any atom is 0.255 e. The number of rotatable bonds is 63. The van der Waals surface area contributed by atoms with Crippen molar-refractivity contribution in [1.82, 2.24) is 10.6 Å². The van der Waals surface area contributed by atoms with Crippen LogP contribution < -0.4 is 15.4 Å². The Hall–Kier alpha value is -2.04. The summed E-state index contributed by atoms with van der Waals surface area (Å²) < 4.78 is 6.29. The number of ether oxygens (including phenoxy) is 1. The van der Waals surface area contributed by atoms with E-state index in [2.05, 4.69) is 31.4 Å². The fraction of sp³-hybridized carbons (Fsp3) is 0.887. The molecule has 0 radical (unpaired) electrons. The van der Waals surface area contributed by atoms with Crippen LogP contribution in [-0.4, -0.2) is 31.5 Å². The average Bonchev–Trinajstić information content (AvgIpc) is 3.43. The van der Waals surface area contributed by atoms with E-state index in [9.17, 15) is 9.59 Å². The Labute approximate surface area is 476 Å². The SMILES string of the molecule is CCCCCCCCCCCCCCCCCCCCCCCCCCNC(=O)c1ccc(C(=O)NCCCCCCCCCCCCCCCCCCCCCCCCCC)c(OCCCCCCCCCCC)c1. The van der Waals surface area contributed by atoms with Gasteiger partial charge in [-0.2, -0.15) is 0 Å². The number of unbranched alkanes of at least 4 members (excludes halogenated alkanes) is 54. The second kappa shape index (κ2) is 60.6. The van der Waals surface area contributed by atoms with Crippen LogP contribution in [0.5, 0.6) is 5.75 Å². The van der Waals surface area contributed by atoms with Crippen LogP contribution in [0, 0.1) is 0 Å². The average molecular weight is 1060 g/mol. The molecule has 5 heteroatoms. The summed E-state index contributed by atoms with van der Waals surface area (Å²) in [5, 5.41) is 6.32. The molecule has 2 N–H and O–H groups in total. The van der Waals surface area contributed by atoms with E-state index >= 15 is 0 Å². The summed E-state index contributed by atoms with van der Waals surface area (Å²) in [5.74, 6) is 0.372. The minimum absolute atomic E-state index is 0.0748. The highest BCUT2D eigenvalue weighted by atomic mass is 16.5. The van der Waals surface area contributed by atoms with Crippen LogP contribution in [-0.2, 0) is 0 Å². The number of carbonyl (C=O) groups excluding carboxylic acids is 2. The Morgan fingerprint density at radius 3 is 0.776 bits per heavy atom. The summed E-state index contributed by atoms with van der Waals surface area (Å²) in [5.41, 5.74) is 1.12. The third kappa shape index (κ3) is 50.2. The van der Waals surface area contributed by atoms with Crippen LogP contribution in [0.2, 0.25) is 0 Å². The van der Waals surface area contributed by atoms with Crippen molar-refractivity contribution >= 4 is 11.8 Å². The first-order chi connectivity index (χ1) is 37.6. The first kappa shape index (κ1) is 72.0. The lowest BCUT2D eigenvalue weighted by molar-refractivity contribution is 0.0937. The largest absolute Gasteiger partial charge is 0.493 e. The Balaban J connectivity index is 2.19. The second-order valence-corrected chi connectivity index (χ2v) is 24.2. The minimum atomic E-state index is -0.0941. The van der Waals surface area contributed by atoms with Crippen molar-refractivity contribution in [3.63, 3.8) is 0 Å². The van der Waals surface area contributed by atoms with E-state index in [1.165, 1.54) is 327 Å². The molecule has 1 aromatic rings. The summed E-state index contributed by atoms with van der Waals surface area (Å²) in [7, 11) is 0. The van der Waals surface area contributed by atoms with Gasteiger partial charge in [-0.1, -0.05) is 367 Å². The van der Waals surface area contributed by atoms with Gasteiger partial charge in [0.25, 0.3) is 11.8 Å². The van der Waals surface area contributed by atoms with Gasteiger partial charge >= 0.3 is 0 Å². The molecule has 0 unspecified atom stereocenters. The number of nitrogens with one attached hydrogen (secondary N) is 2. The standard InChI is InChI=1S/C71H134N2O3/c1-4-7-10-13-16-19-21-23-25-27-29-31-33-35-37-39-41-43-45-47-49-52-55-58-63-72-70(74)67-61-62-68(69(66-67)76-65-60-57-54-51-18-15-12-9-6-3)71(75)73-64-59-56-53-50-48-46-44-42-40-38-36-34-32-30-28-26-24-22-20-17-14-11-8-5-2/h61-62,66H,4-60,63-65H2,1-3H3,(H,72,74)(H,73,75). The smallest absolute Gasteiger partial charge is 0.255 e. The summed E-state index contributed by atoms with van der Waals surface area (Å²) in [6, 6.07) is 5.41. The maximum atomic E-state index is 13.5. The van der Waals surface area contributed by atoms with Gasteiger partial charge in [0.15, 0.2) is 0 Å². The van der Waals surface area contributed by atoms with Gasteiger partial charge in [-0.25, -0.2) is 0 Å². The Morgan fingerprint density at radius 2 is 0.513 bits per heavy atom. The number of carbonyl (C=O) groups is 2. The molecule has 0 aliphatic carbocycles. The lowest BCUT2D eigenvalue weighted by Gasteiger charge is -2.14. The molecule has 2 amide bonds. The molecule has 76 heavy (non-hydrogen) atoms. The lowest BCUT2D eigenvalue weighted by Crippen LogP contribution is -2.26. The normalized spacial score (nSPS) is 11.5. The molecular weight excluding hydrogens is 929 g/mol. The molecule has 0 heterocycles. The van der Waals surface area contributed by atoms with Crippen LogP contribution in [0.25, 0.3) is 0 Å². The molecule has 0 aliphatic heterocycles. The third-order valence-electron chi connectivity index (χ3n) is 16.6. The highest BCUT2D eigenvalue weighted by Crippen LogP contribution is 2.23. The predicted molar refractivity (Wildman–Crippen MR) is 337 cm³/mol. The van der Waals surface area contributed by atoms with Crippen LogP contribution in [0.4, 0.5) is 0 Å². The summed E-state index contributed by atoms with van der Waals surface area (Å²) >= 11 is 0. The Bertz CT molecular complexity index is 1330. The number of benzene rings is 1. The van der Waals surface area contributed by atoms with E-state index in [0.717, 1.165) is 38.5 Å². The van der Waals surface area contributed by atoms with Crippen molar-refractivity contribution in [2.75, 3.05) is 19.7 Å². The Morgan fingerprint density at radius 1 is 0.289 bits per heavy atom. The molecule has 0 saturated heterocycles. The van der Waals surface area contributed by atoms with E-state index in [1.807, 2.05) is 0 Å². The number of hydrogen-bond acceptors (Lipinski definition) is 3. The molecule has 446 valence electrons. The fourth-order valence-corrected chi connectivity index (χ4v) is 11.3. The monoisotopic (exact) mass is 1060 g/mol. The van der Waals surface area contributed by atoms with Gasteiger partial charge in [0.2, 0.25) is 0 Å². The molecule has 1 rings (SSSR count). The van der Waals surface area contributed by atoms with E-state index in [4.69, 9.17) is 4.74 Å². The second-order valence-electron chi connectivity index (χ2n) is 24.2. The van der Waals surface area contributed by atoms with E-state index < -0.39 is 0 Å². The van der Waals surface area contributed by atoms with Gasteiger partial charge in [0, 0.05) is 18.7 Å². The first-order valence-electron chi connectivity index (χ1n) is 35.0. The van der Waals surface area contributed by atoms with Crippen LogP contribution >= 0.6 is 0 Å². The van der Waals surface area contributed by atoms with Crippen molar-refractivity contribution in [1.29, 1.82) is 0 Å². The molecular formula is C71H134N2O3. The minimum Gasteiger partial charge on any atom is -0.493 e. The van der Waals surface area contributed by atoms with E-state index in [-0.39, 0.29) is 11.8 Å². The van der Waals surface area contributed by atoms with Crippen molar-refractivity contribution in [2.24, 2.45) is 0 Å².